The van der Waals surface area contributed by atoms with Crippen molar-refractivity contribution in [3.63, 3.8) is 0 Å². The summed E-state index contributed by atoms with van der Waals surface area (Å²) in [6.07, 6.45) is 8.79. The lowest BCUT2D eigenvalue weighted by atomic mass is 10.0. The van der Waals surface area contributed by atoms with Gasteiger partial charge in [0.05, 0.1) is 29.1 Å². The van der Waals surface area contributed by atoms with Gasteiger partial charge in [-0.15, -0.1) is 0 Å². The number of aryl methyl sites for hydroxylation is 2. The van der Waals surface area contributed by atoms with E-state index in [4.69, 9.17) is 27.0 Å². The Hall–Kier alpha value is -3.48. The van der Waals surface area contributed by atoms with E-state index in [-0.39, 0.29) is 17.4 Å². The van der Waals surface area contributed by atoms with Crippen molar-refractivity contribution in [3.8, 4) is 11.5 Å². The van der Waals surface area contributed by atoms with Crippen LogP contribution in [0.4, 0.5) is 0 Å². The summed E-state index contributed by atoms with van der Waals surface area (Å²) in [5.41, 5.74) is 2.77. The number of halogens is 1. The van der Waals surface area contributed by atoms with Crippen LogP contribution in [0.15, 0.2) is 85.1 Å². The van der Waals surface area contributed by atoms with Crippen molar-refractivity contribution in [2.24, 2.45) is 5.90 Å². The molecule has 0 aliphatic rings. The molecule has 7 heteroatoms. The molecule has 0 fully saturated rings. The Morgan fingerprint density at radius 3 is 2.40 bits per heavy atom. The van der Waals surface area contributed by atoms with Gasteiger partial charge in [0.2, 0.25) is 0 Å². The lowest BCUT2D eigenvalue weighted by molar-refractivity contribution is 0.0503. The molecule has 0 bridgehead atoms. The Morgan fingerprint density at radius 2 is 1.65 bits per heavy atom. The van der Waals surface area contributed by atoms with Gasteiger partial charge in [-0.3, -0.25) is 0 Å². The zero-order valence-corrected chi connectivity index (χ0v) is 23.8. The maximum atomic E-state index is 11.7. The molecule has 1 atom stereocenters. The molecule has 0 aliphatic carbocycles. The molecule has 0 aromatic heterocycles. The molecule has 3 aromatic carbocycles. The van der Waals surface area contributed by atoms with Gasteiger partial charge in [-0.25, -0.2) is 4.79 Å². The molecule has 3 rings (SSSR count). The lowest BCUT2D eigenvalue weighted by Gasteiger charge is -2.21. The lowest BCUT2D eigenvalue weighted by Crippen LogP contribution is -2.18. The Balaban J connectivity index is 1.54. The summed E-state index contributed by atoms with van der Waals surface area (Å²) in [7, 11) is 0. The Kier molecular flexibility index (Phi) is 13.4. The van der Waals surface area contributed by atoms with Crippen LogP contribution in [0.1, 0.15) is 72.9 Å². The van der Waals surface area contributed by atoms with Crippen LogP contribution < -0.4 is 15.4 Å². The number of rotatable bonds is 18. The number of hydrogen-bond donors (Lipinski definition) is 2. The van der Waals surface area contributed by atoms with Crippen LogP contribution in [0.2, 0.25) is 5.02 Å². The number of para-hydroxylation sites is 1. The topological polar surface area (TPSA) is 91.0 Å². The number of aliphatic hydroxyl groups excluding tert-OH is 1. The summed E-state index contributed by atoms with van der Waals surface area (Å²) in [6.45, 7) is 4.25. The van der Waals surface area contributed by atoms with Gasteiger partial charge < -0.3 is 19.4 Å². The molecular weight excluding hydrogens is 526 g/mol. The molecule has 40 heavy (non-hydrogen) atoms. The van der Waals surface area contributed by atoms with Crippen LogP contribution in [-0.2, 0) is 17.7 Å². The first kappa shape index (κ1) is 31.1. The number of nitrogens with two attached hydrogens (primary N) is 1. The molecule has 0 saturated carbocycles. The molecule has 0 saturated heterocycles. The van der Waals surface area contributed by atoms with Gasteiger partial charge in [0.15, 0.2) is 0 Å². The summed E-state index contributed by atoms with van der Waals surface area (Å²) in [4.78, 5) is 16.0. The first-order valence-electron chi connectivity index (χ1n) is 13.9. The van der Waals surface area contributed by atoms with Crippen molar-refractivity contribution in [1.82, 2.24) is 0 Å². The minimum atomic E-state index is -0.665. The molecule has 0 radical (unpaired) electrons. The smallest absolute Gasteiger partial charge is 0.356 e. The second-order valence-corrected chi connectivity index (χ2v) is 10.3. The van der Waals surface area contributed by atoms with Crippen LogP contribution >= 0.6 is 11.6 Å². The Labute approximate surface area is 242 Å². The minimum Gasteiger partial charge on any atom is -0.513 e. The van der Waals surface area contributed by atoms with E-state index in [2.05, 4.69) is 41.7 Å². The van der Waals surface area contributed by atoms with E-state index in [0.29, 0.717) is 23.8 Å². The van der Waals surface area contributed by atoms with Crippen molar-refractivity contribution < 1.29 is 24.2 Å². The number of unbranched alkanes of at least 4 members (excludes halogenated alkanes) is 3. The third kappa shape index (κ3) is 10.9. The number of allylic oxidation sites excluding steroid dienone is 1. The molecular formula is C33H40ClNO5. The van der Waals surface area contributed by atoms with Gasteiger partial charge in [0, 0.05) is 6.42 Å². The zero-order chi connectivity index (χ0) is 28.6. The van der Waals surface area contributed by atoms with Gasteiger partial charge in [0.1, 0.15) is 11.5 Å². The second kappa shape index (κ2) is 17.3. The predicted octanol–water partition coefficient (Wildman–Crippen LogP) is 8.17. The molecule has 214 valence electrons. The van der Waals surface area contributed by atoms with Crippen LogP contribution in [0.25, 0.3) is 0 Å². The van der Waals surface area contributed by atoms with E-state index in [1.165, 1.54) is 11.6 Å². The maximum absolute atomic E-state index is 11.7. The summed E-state index contributed by atoms with van der Waals surface area (Å²) in [5.74, 6) is 5.91. The Bertz CT molecular complexity index is 1200. The van der Waals surface area contributed by atoms with Gasteiger partial charge in [-0.1, -0.05) is 66.7 Å². The Morgan fingerprint density at radius 1 is 0.875 bits per heavy atom. The minimum absolute atomic E-state index is 0.122. The summed E-state index contributed by atoms with van der Waals surface area (Å²) in [6, 6.07) is 23.4. The van der Waals surface area contributed by atoms with Gasteiger partial charge in [0.25, 0.3) is 0 Å². The van der Waals surface area contributed by atoms with Gasteiger partial charge >= 0.3 is 5.97 Å². The van der Waals surface area contributed by atoms with Crippen molar-refractivity contribution in [2.75, 3.05) is 6.61 Å². The van der Waals surface area contributed by atoms with E-state index >= 15 is 0 Å². The number of hydrogen-bond acceptors (Lipinski definition) is 6. The van der Waals surface area contributed by atoms with E-state index < -0.39 is 5.97 Å². The summed E-state index contributed by atoms with van der Waals surface area (Å²) >= 11 is 6.41. The molecule has 6 nitrogen and oxygen atoms in total. The fourth-order valence-electron chi connectivity index (χ4n) is 4.54. The summed E-state index contributed by atoms with van der Waals surface area (Å²) in [5, 5.41) is 9.74. The number of benzene rings is 3. The normalized spacial score (nSPS) is 11.6. The number of carbonyl (C=O) groups is 1. The zero-order valence-electron chi connectivity index (χ0n) is 23.0. The largest absolute Gasteiger partial charge is 0.513 e. The second-order valence-electron chi connectivity index (χ2n) is 9.89. The maximum Gasteiger partial charge on any atom is 0.356 e. The van der Waals surface area contributed by atoms with Crippen LogP contribution in [-0.4, -0.2) is 23.8 Å². The van der Waals surface area contributed by atoms with Crippen molar-refractivity contribution in [2.45, 2.75) is 70.3 Å². The van der Waals surface area contributed by atoms with Crippen LogP contribution in [0, 0.1) is 0 Å². The van der Waals surface area contributed by atoms with Gasteiger partial charge in [-0.05, 0) is 93.2 Å². The molecule has 3 N–H and O–H groups in total. The average Bonchev–Trinajstić information content (AvgIpc) is 2.97. The quantitative estimate of drug-likeness (QED) is 0.0918. The fraction of sp³-hybridized carbons (Fsp3) is 0.364. The van der Waals surface area contributed by atoms with Crippen molar-refractivity contribution in [1.29, 1.82) is 0 Å². The first-order chi connectivity index (χ1) is 19.5. The summed E-state index contributed by atoms with van der Waals surface area (Å²) < 4.78 is 12.5. The van der Waals surface area contributed by atoms with E-state index in [1.54, 1.807) is 12.1 Å². The van der Waals surface area contributed by atoms with Gasteiger partial charge in [-0.2, -0.15) is 5.90 Å². The number of ether oxygens (including phenoxy) is 2. The first-order valence-corrected chi connectivity index (χ1v) is 14.3. The van der Waals surface area contributed by atoms with E-state index in [1.807, 2.05) is 24.3 Å². The SMILES string of the molecule is C=C(O)CCCCC(CCc1ccccc1OCCCCCc1ccccc1)Oc1ccc(C(=O)ON)cc1Cl. The third-order valence-corrected chi connectivity index (χ3v) is 7.02. The molecule has 0 spiro atoms. The predicted molar refractivity (Wildman–Crippen MR) is 160 cm³/mol. The molecule has 0 amide bonds. The standard InChI is InChI=1S/C33H40ClNO5/c1-25(36)12-7-9-17-29(39-32-22-20-28(24-30(32)34)33(37)40-35)21-19-27-16-8-10-18-31(27)38-23-11-3-6-15-26-13-4-2-5-14-26/h2,4-5,8,10,13-14,16,18,20,22,24,29,36H,1,3,6-7,9,11-12,15,17,19,21,23,35H2. The average molecular weight is 566 g/mol. The highest BCUT2D eigenvalue weighted by molar-refractivity contribution is 6.32. The highest BCUT2D eigenvalue weighted by Gasteiger charge is 2.16. The monoisotopic (exact) mass is 565 g/mol. The number of aliphatic hydroxyl groups is 1. The van der Waals surface area contributed by atoms with Crippen molar-refractivity contribution in [3.05, 3.63) is 107 Å². The third-order valence-electron chi connectivity index (χ3n) is 6.73. The molecule has 0 aliphatic heterocycles. The molecule has 1 unspecified atom stereocenters. The van der Waals surface area contributed by atoms with Crippen LogP contribution in [0.5, 0.6) is 11.5 Å². The molecule has 0 heterocycles. The number of carbonyl (C=O) groups excluding carboxylic acids is 1. The fourth-order valence-corrected chi connectivity index (χ4v) is 4.76. The highest BCUT2D eigenvalue weighted by atomic mass is 35.5. The molecule has 3 aromatic rings. The highest BCUT2D eigenvalue weighted by Crippen LogP contribution is 2.29. The van der Waals surface area contributed by atoms with E-state index in [0.717, 1.165) is 69.1 Å². The van der Waals surface area contributed by atoms with Crippen LogP contribution in [0.3, 0.4) is 0 Å². The van der Waals surface area contributed by atoms with Crippen molar-refractivity contribution >= 4 is 17.6 Å². The van der Waals surface area contributed by atoms with E-state index in [9.17, 15) is 9.90 Å².